The van der Waals surface area contributed by atoms with Gasteiger partial charge in [-0.25, -0.2) is 4.79 Å². The number of hydrogen-bond donors (Lipinski definition) is 2. The summed E-state index contributed by atoms with van der Waals surface area (Å²) >= 11 is 0. The van der Waals surface area contributed by atoms with Gasteiger partial charge in [0.05, 0.1) is 18.2 Å². The van der Waals surface area contributed by atoms with Crippen molar-refractivity contribution in [1.82, 2.24) is 5.32 Å². The van der Waals surface area contributed by atoms with Crippen LogP contribution < -0.4 is 5.32 Å². The van der Waals surface area contributed by atoms with E-state index >= 15 is 0 Å². The van der Waals surface area contributed by atoms with Crippen molar-refractivity contribution in [2.45, 2.75) is 57.6 Å². The van der Waals surface area contributed by atoms with E-state index in [4.69, 9.17) is 9.84 Å². The lowest BCUT2D eigenvalue weighted by atomic mass is 9.95. The Hall–Kier alpha value is -1.03. The van der Waals surface area contributed by atoms with Crippen molar-refractivity contribution in [2.24, 2.45) is 0 Å². The molecule has 0 aromatic rings. The maximum atomic E-state index is 11.0. The van der Waals surface area contributed by atoms with Crippen LogP contribution in [0.2, 0.25) is 0 Å². The average Bonchev–Trinajstić information content (AvgIpc) is 2.69. The van der Waals surface area contributed by atoms with E-state index in [0.717, 1.165) is 0 Å². The normalized spacial score (nSPS) is 26.1. The molecule has 0 amide bonds. The Morgan fingerprint density at radius 3 is 2.76 bits per heavy atom. The summed E-state index contributed by atoms with van der Waals surface area (Å²) in [6.07, 6.45) is 6.81. The van der Waals surface area contributed by atoms with E-state index in [1.54, 1.807) is 0 Å². The van der Waals surface area contributed by atoms with Crippen LogP contribution in [0.1, 0.15) is 45.4 Å². The number of carboxylic acid groups (broad SMARTS) is 1. The van der Waals surface area contributed by atoms with E-state index in [1.165, 1.54) is 32.1 Å². The zero-order valence-electron chi connectivity index (χ0n) is 10.4. The maximum absolute atomic E-state index is 11.0. The van der Waals surface area contributed by atoms with Gasteiger partial charge in [0.15, 0.2) is 0 Å². The summed E-state index contributed by atoms with van der Waals surface area (Å²) in [4.78, 5) is 11.0. The van der Waals surface area contributed by atoms with Crippen LogP contribution >= 0.6 is 0 Å². The van der Waals surface area contributed by atoms with Crippen LogP contribution in [0.4, 0.5) is 0 Å². The molecule has 4 nitrogen and oxygen atoms in total. The first-order chi connectivity index (χ1) is 8.16. The van der Waals surface area contributed by atoms with Crippen LogP contribution in [0.3, 0.4) is 0 Å². The smallest absolute Gasteiger partial charge is 0.335 e. The molecule has 0 bridgehead atoms. The second kappa shape index (κ2) is 5.54. The first-order valence-electron chi connectivity index (χ1n) is 6.52. The Bertz CT molecular complexity index is 319. The van der Waals surface area contributed by atoms with Gasteiger partial charge >= 0.3 is 5.97 Å². The first-order valence-corrected chi connectivity index (χ1v) is 6.52. The average molecular weight is 239 g/mol. The number of carbonyl (C=O) groups is 1. The summed E-state index contributed by atoms with van der Waals surface area (Å²) in [6.45, 7) is 2.48. The Labute approximate surface area is 102 Å². The number of nitrogens with one attached hydrogen (secondary N) is 1. The second-order valence-corrected chi connectivity index (χ2v) is 5.06. The summed E-state index contributed by atoms with van der Waals surface area (Å²) in [5.41, 5.74) is 0.445. The molecule has 1 unspecified atom stereocenters. The molecule has 2 rings (SSSR count). The first kappa shape index (κ1) is 12.4. The minimum absolute atomic E-state index is 0.00394. The monoisotopic (exact) mass is 239 g/mol. The van der Waals surface area contributed by atoms with Gasteiger partial charge in [-0.3, -0.25) is 0 Å². The van der Waals surface area contributed by atoms with E-state index in [-0.39, 0.29) is 6.10 Å². The molecule has 2 N–H and O–H groups in total. The lowest BCUT2D eigenvalue weighted by Gasteiger charge is -2.23. The minimum atomic E-state index is -0.838. The molecule has 0 spiro atoms. The summed E-state index contributed by atoms with van der Waals surface area (Å²) < 4.78 is 5.56. The summed E-state index contributed by atoms with van der Waals surface area (Å²) in [5, 5.41) is 12.5. The fourth-order valence-electron chi connectivity index (χ4n) is 2.66. The van der Waals surface area contributed by atoms with E-state index in [1.807, 2.05) is 6.92 Å². The highest BCUT2D eigenvalue weighted by molar-refractivity contribution is 5.87. The fourth-order valence-corrected chi connectivity index (χ4v) is 2.66. The van der Waals surface area contributed by atoms with Gasteiger partial charge in [0.1, 0.15) is 5.76 Å². The molecule has 1 aliphatic heterocycles. The maximum Gasteiger partial charge on any atom is 0.335 e. The highest BCUT2D eigenvalue weighted by atomic mass is 16.5. The number of ether oxygens (including phenoxy) is 1. The van der Waals surface area contributed by atoms with Crippen molar-refractivity contribution in [3.8, 4) is 0 Å². The van der Waals surface area contributed by atoms with Gasteiger partial charge in [-0.15, -0.1) is 0 Å². The molecule has 0 aromatic heterocycles. The number of rotatable bonds is 4. The SMILES string of the molecule is CC1CC(C(=O)O)=C(CNC2CCCCC2)O1. The third-order valence-electron chi connectivity index (χ3n) is 3.59. The Balaban J connectivity index is 1.88. The quantitative estimate of drug-likeness (QED) is 0.788. The molecule has 1 fully saturated rings. The Kier molecular flexibility index (Phi) is 4.05. The highest BCUT2D eigenvalue weighted by Crippen LogP contribution is 2.25. The van der Waals surface area contributed by atoms with Crippen molar-refractivity contribution in [3.63, 3.8) is 0 Å². The molecular weight excluding hydrogens is 218 g/mol. The predicted molar refractivity (Wildman–Crippen MR) is 64.7 cm³/mol. The van der Waals surface area contributed by atoms with Crippen LogP contribution in [-0.2, 0) is 9.53 Å². The molecule has 1 saturated carbocycles. The van der Waals surface area contributed by atoms with Gasteiger partial charge in [-0.1, -0.05) is 19.3 Å². The predicted octanol–water partition coefficient (Wildman–Crippen LogP) is 2.06. The van der Waals surface area contributed by atoms with E-state index in [2.05, 4.69) is 5.32 Å². The van der Waals surface area contributed by atoms with Crippen molar-refractivity contribution in [2.75, 3.05) is 6.54 Å². The summed E-state index contributed by atoms with van der Waals surface area (Å²) in [5.74, 6) is -0.203. The van der Waals surface area contributed by atoms with Gasteiger partial charge in [0.25, 0.3) is 0 Å². The Morgan fingerprint density at radius 2 is 2.12 bits per heavy atom. The van der Waals surface area contributed by atoms with E-state index in [0.29, 0.717) is 30.3 Å². The molecule has 1 atom stereocenters. The molecule has 4 heteroatoms. The number of hydrogen-bond acceptors (Lipinski definition) is 3. The third-order valence-corrected chi connectivity index (χ3v) is 3.59. The van der Waals surface area contributed by atoms with Gasteiger partial charge in [-0.2, -0.15) is 0 Å². The van der Waals surface area contributed by atoms with Crippen LogP contribution in [0.5, 0.6) is 0 Å². The van der Waals surface area contributed by atoms with Crippen LogP contribution in [0.15, 0.2) is 11.3 Å². The molecule has 0 radical (unpaired) electrons. The molecule has 0 saturated heterocycles. The molecule has 2 aliphatic rings. The lowest BCUT2D eigenvalue weighted by molar-refractivity contribution is -0.132. The highest BCUT2D eigenvalue weighted by Gasteiger charge is 2.27. The number of aliphatic carboxylic acids is 1. The standard InChI is InChI=1S/C13H21NO3/c1-9-7-11(13(15)16)12(17-9)8-14-10-5-3-2-4-6-10/h9-10,14H,2-8H2,1H3,(H,15,16). The van der Waals surface area contributed by atoms with E-state index in [9.17, 15) is 4.79 Å². The van der Waals surface area contributed by atoms with Crippen molar-refractivity contribution in [1.29, 1.82) is 0 Å². The van der Waals surface area contributed by atoms with Crippen LogP contribution in [0.25, 0.3) is 0 Å². The summed E-state index contributed by atoms with van der Waals surface area (Å²) in [7, 11) is 0. The topological polar surface area (TPSA) is 58.6 Å². The molecule has 1 aliphatic carbocycles. The molecule has 0 aromatic carbocycles. The lowest BCUT2D eigenvalue weighted by Crippen LogP contribution is -2.33. The molecule has 1 heterocycles. The third kappa shape index (κ3) is 3.22. The second-order valence-electron chi connectivity index (χ2n) is 5.06. The van der Waals surface area contributed by atoms with Gasteiger partial charge in [0.2, 0.25) is 0 Å². The molecule has 96 valence electrons. The van der Waals surface area contributed by atoms with Crippen LogP contribution in [-0.4, -0.2) is 29.8 Å². The van der Waals surface area contributed by atoms with Crippen molar-refractivity contribution >= 4 is 5.97 Å². The van der Waals surface area contributed by atoms with Crippen LogP contribution in [0, 0.1) is 0 Å². The fraction of sp³-hybridized carbons (Fsp3) is 0.769. The Morgan fingerprint density at radius 1 is 1.41 bits per heavy atom. The largest absolute Gasteiger partial charge is 0.493 e. The summed E-state index contributed by atoms with van der Waals surface area (Å²) in [6, 6.07) is 0.533. The van der Waals surface area contributed by atoms with Crippen molar-refractivity contribution < 1.29 is 14.6 Å². The van der Waals surface area contributed by atoms with Gasteiger partial charge < -0.3 is 15.2 Å². The molecule has 17 heavy (non-hydrogen) atoms. The van der Waals surface area contributed by atoms with Gasteiger partial charge in [-0.05, 0) is 19.8 Å². The van der Waals surface area contributed by atoms with Crippen molar-refractivity contribution in [3.05, 3.63) is 11.3 Å². The van der Waals surface area contributed by atoms with Gasteiger partial charge in [0, 0.05) is 12.5 Å². The zero-order chi connectivity index (χ0) is 12.3. The minimum Gasteiger partial charge on any atom is -0.493 e. The number of carboxylic acids is 1. The zero-order valence-corrected chi connectivity index (χ0v) is 10.4. The molecular formula is C13H21NO3. The van der Waals surface area contributed by atoms with E-state index < -0.39 is 5.97 Å².